The molecule has 0 saturated heterocycles. The number of fused-ring (bicyclic) bond motifs is 1. The average Bonchev–Trinajstić information content (AvgIpc) is 2.97. The van der Waals surface area contributed by atoms with Crippen molar-refractivity contribution in [3.05, 3.63) is 62.1 Å². The van der Waals surface area contributed by atoms with Crippen molar-refractivity contribution in [2.24, 2.45) is 0 Å². The molecule has 27 heavy (non-hydrogen) atoms. The third-order valence-corrected chi connectivity index (χ3v) is 5.32. The maximum Gasteiger partial charge on any atom is 0.356 e. The third-order valence-electron chi connectivity index (χ3n) is 3.97. The fourth-order valence-electron chi connectivity index (χ4n) is 2.73. The van der Waals surface area contributed by atoms with Crippen LogP contribution in [0.15, 0.2) is 36.4 Å². The van der Waals surface area contributed by atoms with Crippen LogP contribution >= 0.6 is 34.2 Å². The van der Waals surface area contributed by atoms with Gasteiger partial charge in [-0.15, -0.1) is 0 Å². The van der Waals surface area contributed by atoms with Gasteiger partial charge >= 0.3 is 5.97 Å². The Labute approximate surface area is 173 Å². The van der Waals surface area contributed by atoms with E-state index in [1.165, 1.54) is 19.2 Å². The van der Waals surface area contributed by atoms with Gasteiger partial charge in [-0.05, 0) is 65.9 Å². The Kier molecular flexibility index (Phi) is 5.71. The first-order chi connectivity index (χ1) is 12.9. The fraction of sp³-hybridized carbons (Fsp3) is 0.158. The topological polar surface area (TPSA) is 57.5 Å². The molecule has 0 fully saturated rings. The zero-order valence-corrected chi connectivity index (χ0v) is 17.3. The Morgan fingerprint density at radius 1 is 1.19 bits per heavy atom. The number of methoxy groups -OCH3 is 1. The van der Waals surface area contributed by atoms with Gasteiger partial charge in [-0.3, -0.25) is 9.36 Å². The first-order valence-electron chi connectivity index (χ1n) is 7.94. The molecule has 5 nitrogen and oxygen atoms in total. The minimum atomic E-state index is -0.713. The van der Waals surface area contributed by atoms with E-state index in [4.69, 9.17) is 21.1 Å². The van der Waals surface area contributed by atoms with Crippen molar-refractivity contribution in [2.45, 2.75) is 6.92 Å². The Morgan fingerprint density at radius 3 is 2.44 bits per heavy atom. The highest BCUT2D eigenvalue weighted by molar-refractivity contribution is 14.1. The Hall–Kier alpha value is -2.13. The number of carbonyl (C=O) groups is 2. The molecule has 1 aromatic heterocycles. The standard InChI is InChI=1S/C19H14ClFINO4/c1-3-27-19(25)17-16(22)14-13(9-8-12(20)15(14)21)23(17)18(24)10-4-6-11(26-2)7-5-10/h4-9H,3H2,1-2H3. The maximum atomic E-state index is 14.6. The van der Waals surface area contributed by atoms with Gasteiger partial charge in [-0.25, -0.2) is 9.18 Å². The molecule has 0 radical (unpaired) electrons. The van der Waals surface area contributed by atoms with Gasteiger partial charge < -0.3 is 9.47 Å². The van der Waals surface area contributed by atoms with Gasteiger partial charge in [0.25, 0.3) is 5.91 Å². The monoisotopic (exact) mass is 501 g/mol. The number of benzene rings is 2. The lowest BCUT2D eigenvalue weighted by Gasteiger charge is -2.10. The predicted octanol–water partition coefficient (Wildman–Crippen LogP) is 4.91. The Balaban J connectivity index is 2.28. The summed E-state index contributed by atoms with van der Waals surface area (Å²) >= 11 is 7.72. The molecular weight excluding hydrogens is 488 g/mol. The molecule has 0 aliphatic rings. The molecular formula is C19H14ClFINO4. The molecule has 2 aromatic carbocycles. The van der Waals surface area contributed by atoms with Gasteiger partial charge in [-0.1, -0.05) is 11.6 Å². The van der Waals surface area contributed by atoms with Crippen LogP contribution in [-0.2, 0) is 4.74 Å². The number of ether oxygens (including phenoxy) is 2. The summed E-state index contributed by atoms with van der Waals surface area (Å²) in [5.74, 6) is -1.31. The highest BCUT2D eigenvalue weighted by atomic mass is 127. The normalized spacial score (nSPS) is 10.9. The molecule has 0 amide bonds. The van der Waals surface area contributed by atoms with Crippen molar-refractivity contribution < 1.29 is 23.5 Å². The molecule has 0 N–H and O–H groups in total. The molecule has 0 spiro atoms. The Bertz CT molecular complexity index is 1050. The summed E-state index contributed by atoms with van der Waals surface area (Å²) in [7, 11) is 1.52. The molecule has 0 atom stereocenters. The molecule has 0 aliphatic carbocycles. The largest absolute Gasteiger partial charge is 0.497 e. The van der Waals surface area contributed by atoms with Crippen molar-refractivity contribution in [3.63, 3.8) is 0 Å². The second-order valence-electron chi connectivity index (χ2n) is 5.51. The number of rotatable bonds is 4. The van der Waals surface area contributed by atoms with E-state index in [1.807, 2.05) is 22.6 Å². The van der Waals surface area contributed by atoms with E-state index in [0.29, 0.717) is 11.3 Å². The van der Waals surface area contributed by atoms with E-state index in [-0.39, 0.29) is 31.8 Å². The summed E-state index contributed by atoms with van der Waals surface area (Å²) in [6, 6.07) is 9.26. The van der Waals surface area contributed by atoms with Crippen LogP contribution in [0.5, 0.6) is 5.75 Å². The van der Waals surface area contributed by atoms with Crippen LogP contribution in [0.3, 0.4) is 0 Å². The van der Waals surface area contributed by atoms with Crippen LogP contribution in [0.1, 0.15) is 27.8 Å². The van der Waals surface area contributed by atoms with E-state index >= 15 is 0 Å². The van der Waals surface area contributed by atoms with Crippen LogP contribution in [0.4, 0.5) is 4.39 Å². The molecule has 0 bridgehead atoms. The second-order valence-corrected chi connectivity index (χ2v) is 6.99. The number of hydrogen-bond donors (Lipinski definition) is 0. The van der Waals surface area contributed by atoms with E-state index in [9.17, 15) is 14.0 Å². The second kappa shape index (κ2) is 7.85. The van der Waals surface area contributed by atoms with Crippen LogP contribution in [0.25, 0.3) is 10.9 Å². The average molecular weight is 502 g/mol. The summed E-state index contributed by atoms with van der Waals surface area (Å²) in [6.45, 7) is 1.77. The fourth-order valence-corrected chi connectivity index (χ4v) is 3.86. The molecule has 3 aromatic rings. The molecule has 0 unspecified atom stereocenters. The van der Waals surface area contributed by atoms with Crippen molar-refractivity contribution in [1.82, 2.24) is 4.57 Å². The van der Waals surface area contributed by atoms with Crippen molar-refractivity contribution in [2.75, 3.05) is 13.7 Å². The summed E-state index contributed by atoms with van der Waals surface area (Å²) in [5.41, 5.74) is 0.518. The van der Waals surface area contributed by atoms with Crippen LogP contribution in [0, 0.1) is 9.39 Å². The Morgan fingerprint density at radius 2 is 1.85 bits per heavy atom. The van der Waals surface area contributed by atoms with Crippen molar-refractivity contribution in [3.8, 4) is 5.75 Å². The quantitative estimate of drug-likeness (QED) is 0.376. The summed E-state index contributed by atoms with van der Waals surface area (Å²) in [4.78, 5) is 25.7. The minimum absolute atomic E-state index is 0.0329. The number of esters is 1. The van der Waals surface area contributed by atoms with Crippen LogP contribution in [0.2, 0.25) is 5.02 Å². The third kappa shape index (κ3) is 3.41. The van der Waals surface area contributed by atoms with Crippen LogP contribution in [-0.4, -0.2) is 30.2 Å². The van der Waals surface area contributed by atoms with E-state index in [0.717, 1.165) is 4.57 Å². The van der Waals surface area contributed by atoms with Gasteiger partial charge in [0.15, 0.2) is 5.82 Å². The molecule has 0 saturated carbocycles. The zero-order chi connectivity index (χ0) is 19.7. The number of carbonyl (C=O) groups excluding carboxylic acids is 2. The van der Waals surface area contributed by atoms with Gasteiger partial charge in [0.05, 0.1) is 33.2 Å². The lowest BCUT2D eigenvalue weighted by molar-refractivity contribution is 0.0509. The van der Waals surface area contributed by atoms with Crippen molar-refractivity contribution in [1.29, 1.82) is 0 Å². The summed E-state index contributed by atoms with van der Waals surface area (Å²) in [5, 5.41) is 0.0119. The molecule has 140 valence electrons. The number of aromatic nitrogens is 1. The highest BCUT2D eigenvalue weighted by Gasteiger charge is 2.29. The van der Waals surface area contributed by atoms with Gasteiger partial charge in [0.2, 0.25) is 0 Å². The SMILES string of the molecule is CCOC(=O)c1c(I)c2c(F)c(Cl)ccc2n1C(=O)c1ccc(OC)cc1. The summed E-state index contributed by atoms with van der Waals surface area (Å²) < 4.78 is 26.2. The van der Waals surface area contributed by atoms with E-state index in [2.05, 4.69) is 0 Å². The van der Waals surface area contributed by atoms with Crippen LogP contribution < -0.4 is 4.74 Å². The van der Waals surface area contributed by atoms with Crippen molar-refractivity contribution >= 4 is 57.0 Å². The maximum absolute atomic E-state index is 14.6. The molecule has 8 heteroatoms. The predicted molar refractivity (Wildman–Crippen MR) is 108 cm³/mol. The molecule has 0 aliphatic heterocycles. The number of hydrogen-bond acceptors (Lipinski definition) is 4. The van der Waals surface area contributed by atoms with Gasteiger partial charge in [-0.2, -0.15) is 0 Å². The molecule has 3 rings (SSSR count). The lowest BCUT2D eigenvalue weighted by atomic mass is 10.2. The smallest absolute Gasteiger partial charge is 0.356 e. The first-order valence-corrected chi connectivity index (χ1v) is 9.40. The number of nitrogens with zero attached hydrogens (tertiary/aromatic N) is 1. The summed E-state index contributed by atoms with van der Waals surface area (Å²) in [6.07, 6.45) is 0. The van der Waals surface area contributed by atoms with E-state index < -0.39 is 17.7 Å². The zero-order valence-electron chi connectivity index (χ0n) is 14.4. The number of halogens is 3. The van der Waals surface area contributed by atoms with E-state index in [1.54, 1.807) is 31.2 Å². The highest BCUT2D eigenvalue weighted by Crippen LogP contribution is 2.34. The van der Waals surface area contributed by atoms with Gasteiger partial charge in [0, 0.05) is 5.56 Å². The lowest BCUT2D eigenvalue weighted by Crippen LogP contribution is -2.20. The van der Waals surface area contributed by atoms with Gasteiger partial charge in [0.1, 0.15) is 11.4 Å². The minimum Gasteiger partial charge on any atom is -0.497 e. The molecule has 1 heterocycles. The first kappa shape index (κ1) is 19.6.